The number of halogens is 1. The number of piperidine rings is 1. The van der Waals surface area contributed by atoms with Crippen molar-refractivity contribution in [2.75, 3.05) is 24.5 Å². The number of nitrogens with zero attached hydrogens (tertiary/aromatic N) is 1. The minimum Gasteiger partial charge on any atom is -0.371 e. The average molecular weight is 236 g/mol. The van der Waals surface area contributed by atoms with E-state index < -0.39 is 0 Å². The van der Waals surface area contributed by atoms with Gasteiger partial charge in [0.15, 0.2) is 0 Å². The van der Waals surface area contributed by atoms with E-state index in [2.05, 4.69) is 17.1 Å². The Kier molecular flexibility index (Phi) is 4.00. The normalized spacial score (nSPS) is 17.5. The van der Waals surface area contributed by atoms with Crippen LogP contribution in [0.2, 0.25) is 0 Å². The highest BCUT2D eigenvalue weighted by Gasteiger charge is 2.18. The molecule has 1 N–H and O–H groups in total. The van der Waals surface area contributed by atoms with Crippen LogP contribution in [0, 0.1) is 12.7 Å². The molecule has 1 saturated heterocycles. The maximum atomic E-state index is 13.2. The van der Waals surface area contributed by atoms with Crippen LogP contribution in [0.15, 0.2) is 18.2 Å². The Morgan fingerprint density at radius 3 is 2.65 bits per heavy atom. The monoisotopic (exact) mass is 236 g/mol. The summed E-state index contributed by atoms with van der Waals surface area (Å²) in [6.45, 7) is 7.13. The fourth-order valence-corrected chi connectivity index (χ4v) is 2.46. The number of hydrogen-bond acceptors (Lipinski definition) is 2. The molecule has 1 aliphatic heterocycles. The molecule has 1 heterocycles. The zero-order chi connectivity index (χ0) is 12.3. The first-order valence-electron chi connectivity index (χ1n) is 6.45. The molecule has 0 aromatic heterocycles. The highest BCUT2D eigenvalue weighted by atomic mass is 19.1. The third-order valence-electron chi connectivity index (χ3n) is 3.49. The number of hydrogen-bond donors (Lipinski definition) is 1. The number of anilines is 1. The van der Waals surface area contributed by atoms with Crippen LogP contribution in [0.1, 0.15) is 25.3 Å². The topological polar surface area (TPSA) is 15.3 Å². The molecule has 17 heavy (non-hydrogen) atoms. The molecular weight excluding hydrogens is 215 g/mol. The molecule has 2 rings (SSSR count). The molecule has 0 bridgehead atoms. The molecule has 0 radical (unpaired) electrons. The molecule has 0 atom stereocenters. The Labute approximate surface area is 103 Å². The van der Waals surface area contributed by atoms with Gasteiger partial charge in [0.05, 0.1) is 0 Å². The van der Waals surface area contributed by atoms with E-state index in [1.807, 2.05) is 19.1 Å². The van der Waals surface area contributed by atoms with E-state index in [1.54, 1.807) is 6.07 Å². The lowest BCUT2D eigenvalue weighted by atomic mass is 10.0. The Hall–Kier alpha value is -1.09. The van der Waals surface area contributed by atoms with Crippen LogP contribution in [0.4, 0.5) is 10.1 Å². The first-order valence-corrected chi connectivity index (χ1v) is 6.45. The van der Waals surface area contributed by atoms with Crippen LogP contribution in [-0.2, 0) is 0 Å². The molecule has 1 aliphatic rings. The maximum Gasteiger partial charge on any atom is 0.126 e. The lowest BCUT2D eigenvalue weighted by molar-refractivity contribution is 0.424. The van der Waals surface area contributed by atoms with Crippen molar-refractivity contribution in [3.05, 3.63) is 29.6 Å². The fourth-order valence-electron chi connectivity index (χ4n) is 2.46. The second-order valence-electron chi connectivity index (χ2n) is 4.75. The molecule has 0 amide bonds. The van der Waals surface area contributed by atoms with Crippen molar-refractivity contribution in [2.45, 2.75) is 32.7 Å². The van der Waals surface area contributed by atoms with Crippen LogP contribution in [0.5, 0.6) is 0 Å². The zero-order valence-electron chi connectivity index (χ0n) is 10.7. The molecule has 2 nitrogen and oxygen atoms in total. The molecule has 3 heteroatoms. The number of benzene rings is 1. The summed E-state index contributed by atoms with van der Waals surface area (Å²) in [5.41, 5.74) is 1.88. The summed E-state index contributed by atoms with van der Waals surface area (Å²) in [5, 5.41) is 3.49. The quantitative estimate of drug-likeness (QED) is 0.868. The molecule has 0 aliphatic carbocycles. The van der Waals surface area contributed by atoms with Crippen molar-refractivity contribution >= 4 is 5.69 Å². The second-order valence-corrected chi connectivity index (χ2v) is 4.75. The molecule has 1 fully saturated rings. The van der Waals surface area contributed by atoms with Gasteiger partial charge in [-0.25, -0.2) is 4.39 Å². The van der Waals surface area contributed by atoms with Crippen molar-refractivity contribution in [3.63, 3.8) is 0 Å². The van der Waals surface area contributed by atoms with Gasteiger partial charge in [-0.2, -0.15) is 0 Å². The van der Waals surface area contributed by atoms with Gasteiger partial charge in [-0.3, -0.25) is 0 Å². The van der Waals surface area contributed by atoms with Gasteiger partial charge < -0.3 is 10.2 Å². The molecule has 94 valence electrons. The summed E-state index contributed by atoms with van der Waals surface area (Å²) in [6, 6.07) is 6.05. The third kappa shape index (κ3) is 2.97. The first-order chi connectivity index (χ1) is 8.20. The number of aryl methyl sites for hydroxylation is 1. The van der Waals surface area contributed by atoms with Gasteiger partial charge in [-0.1, -0.05) is 6.92 Å². The van der Waals surface area contributed by atoms with Gasteiger partial charge in [0.1, 0.15) is 5.82 Å². The van der Waals surface area contributed by atoms with Crippen LogP contribution >= 0.6 is 0 Å². The summed E-state index contributed by atoms with van der Waals surface area (Å²) in [5.74, 6) is -0.115. The smallest absolute Gasteiger partial charge is 0.126 e. The van der Waals surface area contributed by atoms with Crippen LogP contribution in [0.25, 0.3) is 0 Å². The SMILES string of the molecule is CCNC1CCN(c2ccc(F)c(C)c2)CC1. The van der Waals surface area contributed by atoms with Crippen molar-refractivity contribution in [3.8, 4) is 0 Å². The summed E-state index contributed by atoms with van der Waals surface area (Å²) >= 11 is 0. The van der Waals surface area contributed by atoms with Crippen molar-refractivity contribution < 1.29 is 4.39 Å². The molecular formula is C14H21FN2. The van der Waals surface area contributed by atoms with Gasteiger partial charge in [-0.15, -0.1) is 0 Å². The van der Waals surface area contributed by atoms with Crippen LogP contribution in [0.3, 0.4) is 0 Å². The largest absolute Gasteiger partial charge is 0.371 e. The van der Waals surface area contributed by atoms with Gasteiger partial charge >= 0.3 is 0 Å². The van der Waals surface area contributed by atoms with E-state index in [9.17, 15) is 4.39 Å². The van der Waals surface area contributed by atoms with Gasteiger partial charge in [0, 0.05) is 24.8 Å². The Bertz CT molecular complexity index is 370. The van der Waals surface area contributed by atoms with Crippen molar-refractivity contribution in [2.24, 2.45) is 0 Å². The van der Waals surface area contributed by atoms with Gasteiger partial charge in [0.25, 0.3) is 0 Å². The Morgan fingerprint density at radius 2 is 2.06 bits per heavy atom. The third-order valence-corrected chi connectivity index (χ3v) is 3.49. The first kappa shape index (κ1) is 12.4. The predicted molar refractivity (Wildman–Crippen MR) is 70.0 cm³/mol. The summed E-state index contributed by atoms with van der Waals surface area (Å²) < 4.78 is 13.2. The minimum atomic E-state index is -0.115. The van der Waals surface area contributed by atoms with E-state index >= 15 is 0 Å². The highest BCUT2D eigenvalue weighted by molar-refractivity contribution is 5.49. The molecule has 1 aromatic rings. The van der Waals surface area contributed by atoms with E-state index in [1.165, 1.54) is 12.8 Å². The predicted octanol–water partition coefficient (Wildman–Crippen LogP) is 2.71. The number of rotatable bonds is 3. The molecule has 1 aromatic carbocycles. The van der Waals surface area contributed by atoms with E-state index in [0.29, 0.717) is 6.04 Å². The Morgan fingerprint density at radius 1 is 1.35 bits per heavy atom. The second kappa shape index (κ2) is 5.50. The molecule has 0 spiro atoms. The standard InChI is InChI=1S/C14H21FN2/c1-3-16-12-6-8-17(9-7-12)13-4-5-14(15)11(2)10-13/h4-5,10,12,16H,3,6-9H2,1-2H3. The van der Waals surface area contributed by atoms with E-state index in [0.717, 1.165) is 30.9 Å². The minimum absolute atomic E-state index is 0.115. The van der Waals surface area contributed by atoms with Crippen LogP contribution < -0.4 is 10.2 Å². The van der Waals surface area contributed by atoms with E-state index in [-0.39, 0.29) is 5.82 Å². The van der Waals surface area contributed by atoms with Crippen molar-refractivity contribution in [1.29, 1.82) is 0 Å². The average Bonchev–Trinajstić information content (AvgIpc) is 2.34. The number of nitrogens with one attached hydrogen (secondary N) is 1. The highest BCUT2D eigenvalue weighted by Crippen LogP contribution is 2.22. The van der Waals surface area contributed by atoms with Crippen molar-refractivity contribution in [1.82, 2.24) is 5.32 Å². The summed E-state index contributed by atoms with van der Waals surface area (Å²) in [7, 11) is 0. The summed E-state index contributed by atoms with van der Waals surface area (Å²) in [4.78, 5) is 2.35. The maximum absolute atomic E-state index is 13.2. The zero-order valence-corrected chi connectivity index (χ0v) is 10.7. The lowest BCUT2D eigenvalue weighted by Crippen LogP contribution is -2.42. The molecule has 0 saturated carbocycles. The van der Waals surface area contributed by atoms with E-state index in [4.69, 9.17) is 0 Å². The van der Waals surface area contributed by atoms with Gasteiger partial charge in [0.2, 0.25) is 0 Å². The van der Waals surface area contributed by atoms with Crippen LogP contribution in [-0.4, -0.2) is 25.7 Å². The fraction of sp³-hybridized carbons (Fsp3) is 0.571. The Balaban J connectivity index is 1.98. The summed E-state index contributed by atoms with van der Waals surface area (Å²) in [6.07, 6.45) is 2.34. The van der Waals surface area contributed by atoms with Gasteiger partial charge in [-0.05, 0) is 50.1 Å². The lowest BCUT2D eigenvalue weighted by Gasteiger charge is -2.34. The molecule has 0 unspecified atom stereocenters.